The molecular weight excluding hydrogens is 424 g/mol. The first-order valence-corrected chi connectivity index (χ1v) is 12.2. The van der Waals surface area contributed by atoms with E-state index in [9.17, 15) is 4.79 Å². The second-order valence-electron chi connectivity index (χ2n) is 7.99. The number of benzene rings is 1. The molecule has 1 amide bonds. The SMILES string of the molecule is CCOc1ccc(-n2c(SCC(=O)N3CCCC[C@@H]3CC)nc3n[nH]c(C)c3c2=N)cc1. The molecule has 1 fully saturated rings. The Labute approximate surface area is 191 Å². The van der Waals surface area contributed by atoms with Crippen molar-refractivity contribution in [1.29, 1.82) is 5.41 Å². The molecule has 32 heavy (non-hydrogen) atoms. The molecule has 0 radical (unpaired) electrons. The Bertz CT molecular complexity index is 1150. The van der Waals surface area contributed by atoms with Gasteiger partial charge in [-0.15, -0.1) is 0 Å². The number of H-pyrrole nitrogens is 1. The summed E-state index contributed by atoms with van der Waals surface area (Å²) in [6, 6.07) is 7.92. The Kier molecular flexibility index (Phi) is 6.83. The number of fused-ring (bicyclic) bond motifs is 1. The van der Waals surface area contributed by atoms with Crippen molar-refractivity contribution in [1.82, 2.24) is 24.6 Å². The summed E-state index contributed by atoms with van der Waals surface area (Å²) < 4.78 is 7.34. The Morgan fingerprint density at radius 1 is 1.28 bits per heavy atom. The van der Waals surface area contributed by atoms with E-state index in [4.69, 9.17) is 15.1 Å². The van der Waals surface area contributed by atoms with Crippen LogP contribution in [0, 0.1) is 12.3 Å². The molecule has 0 spiro atoms. The largest absolute Gasteiger partial charge is 0.494 e. The molecular formula is C23H30N6O2S. The third kappa shape index (κ3) is 4.39. The van der Waals surface area contributed by atoms with E-state index in [1.807, 2.05) is 43.0 Å². The molecule has 1 aromatic carbocycles. The van der Waals surface area contributed by atoms with E-state index in [0.29, 0.717) is 34.3 Å². The van der Waals surface area contributed by atoms with Gasteiger partial charge in [0, 0.05) is 24.0 Å². The van der Waals surface area contributed by atoms with Crippen molar-refractivity contribution in [2.24, 2.45) is 0 Å². The van der Waals surface area contributed by atoms with Crippen LogP contribution < -0.4 is 10.2 Å². The number of ether oxygens (including phenoxy) is 1. The fourth-order valence-electron chi connectivity index (χ4n) is 4.29. The fourth-order valence-corrected chi connectivity index (χ4v) is 5.18. The maximum absolute atomic E-state index is 13.0. The average molecular weight is 455 g/mol. The first kappa shape index (κ1) is 22.4. The fraction of sp³-hybridized carbons (Fsp3) is 0.478. The average Bonchev–Trinajstić information content (AvgIpc) is 3.19. The number of carbonyl (C=O) groups excluding carboxylic acids is 1. The second-order valence-corrected chi connectivity index (χ2v) is 8.93. The first-order valence-electron chi connectivity index (χ1n) is 11.2. The number of thioether (sulfide) groups is 1. The highest BCUT2D eigenvalue weighted by atomic mass is 32.2. The van der Waals surface area contributed by atoms with E-state index >= 15 is 0 Å². The van der Waals surface area contributed by atoms with Crippen molar-refractivity contribution < 1.29 is 9.53 Å². The molecule has 2 N–H and O–H groups in total. The zero-order valence-electron chi connectivity index (χ0n) is 18.9. The van der Waals surface area contributed by atoms with Crippen LogP contribution in [0.4, 0.5) is 0 Å². The number of aromatic amines is 1. The van der Waals surface area contributed by atoms with Crippen LogP contribution in [0.3, 0.4) is 0 Å². The lowest BCUT2D eigenvalue weighted by atomic mass is 10.0. The summed E-state index contributed by atoms with van der Waals surface area (Å²) >= 11 is 1.36. The Morgan fingerprint density at radius 3 is 2.78 bits per heavy atom. The molecule has 2 aromatic heterocycles. The maximum atomic E-state index is 13.0. The van der Waals surface area contributed by atoms with Crippen LogP contribution in [-0.4, -0.2) is 55.5 Å². The van der Waals surface area contributed by atoms with E-state index in [1.165, 1.54) is 18.2 Å². The van der Waals surface area contributed by atoms with Crippen LogP contribution in [0.1, 0.15) is 45.2 Å². The number of nitrogens with zero attached hydrogens (tertiary/aromatic N) is 4. The van der Waals surface area contributed by atoms with Gasteiger partial charge in [0.25, 0.3) is 0 Å². The molecule has 3 aromatic rings. The zero-order chi connectivity index (χ0) is 22.7. The molecule has 4 rings (SSSR count). The second kappa shape index (κ2) is 9.77. The number of amides is 1. The van der Waals surface area contributed by atoms with Gasteiger partial charge in [-0.1, -0.05) is 18.7 Å². The third-order valence-corrected chi connectivity index (χ3v) is 6.85. The van der Waals surface area contributed by atoms with Gasteiger partial charge in [0.15, 0.2) is 10.8 Å². The van der Waals surface area contributed by atoms with E-state index in [1.54, 1.807) is 4.57 Å². The number of piperidine rings is 1. The zero-order valence-corrected chi connectivity index (χ0v) is 19.7. The molecule has 0 aliphatic carbocycles. The van der Waals surface area contributed by atoms with Gasteiger partial charge in [-0.3, -0.25) is 19.9 Å². The standard InChI is InChI=1S/C23H30N6O2S/c1-4-16-8-6-7-13-28(16)19(30)14-32-23-25-22-20(15(3)26-27-22)21(24)29(23)17-9-11-18(12-10-17)31-5-2/h9-12,16,24H,4-8,13-14H2,1-3H3,(H,26,27)/t16-/m0/s1. The van der Waals surface area contributed by atoms with Crippen molar-refractivity contribution >= 4 is 28.7 Å². The molecule has 1 atom stereocenters. The minimum Gasteiger partial charge on any atom is -0.494 e. The van der Waals surface area contributed by atoms with E-state index in [0.717, 1.165) is 42.9 Å². The highest BCUT2D eigenvalue weighted by molar-refractivity contribution is 7.99. The lowest BCUT2D eigenvalue weighted by Gasteiger charge is -2.35. The molecule has 0 saturated carbocycles. The van der Waals surface area contributed by atoms with Crippen molar-refractivity contribution in [2.75, 3.05) is 18.9 Å². The van der Waals surface area contributed by atoms with E-state index < -0.39 is 0 Å². The van der Waals surface area contributed by atoms with Crippen molar-refractivity contribution in [3.63, 3.8) is 0 Å². The maximum Gasteiger partial charge on any atom is 0.233 e. The number of nitrogens with one attached hydrogen (secondary N) is 2. The summed E-state index contributed by atoms with van der Waals surface area (Å²) in [5.74, 6) is 1.19. The first-order chi connectivity index (χ1) is 15.5. The van der Waals surface area contributed by atoms with Gasteiger partial charge in [-0.05, 0) is 63.8 Å². The van der Waals surface area contributed by atoms with Gasteiger partial charge in [0.05, 0.1) is 17.7 Å². The van der Waals surface area contributed by atoms with Gasteiger partial charge in [-0.2, -0.15) is 5.10 Å². The Morgan fingerprint density at radius 2 is 2.06 bits per heavy atom. The van der Waals surface area contributed by atoms with Gasteiger partial charge in [0.1, 0.15) is 11.2 Å². The molecule has 1 aliphatic rings. The van der Waals surface area contributed by atoms with Crippen LogP contribution in [0.25, 0.3) is 16.7 Å². The van der Waals surface area contributed by atoms with Crippen LogP contribution >= 0.6 is 11.8 Å². The van der Waals surface area contributed by atoms with Gasteiger partial charge in [0.2, 0.25) is 5.91 Å². The van der Waals surface area contributed by atoms with Crippen LogP contribution in [0.5, 0.6) is 5.75 Å². The molecule has 8 nitrogen and oxygen atoms in total. The smallest absolute Gasteiger partial charge is 0.233 e. The minimum absolute atomic E-state index is 0.131. The molecule has 9 heteroatoms. The topological polar surface area (TPSA) is 99.9 Å². The number of hydrogen-bond donors (Lipinski definition) is 2. The predicted octanol–water partition coefficient (Wildman–Crippen LogP) is 3.82. The van der Waals surface area contributed by atoms with E-state index in [2.05, 4.69) is 17.1 Å². The summed E-state index contributed by atoms with van der Waals surface area (Å²) in [6.07, 6.45) is 4.31. The predicted molar refractivity (Wildman–Crippen MR) is 125 cm³/mol. The van der Waals surface area contributed by atoms with Crippen LogP contribution in [0.15, 0.2) is 29.4 Å². The number of aromatic nitrogens is 4. The lowest BCUT2D eigenvalue weighted by Crippen LogP contribution is -2.44. The number of aryl methyl sites for hydroxylation is 1. The summed E-state index contributed by atoms with van der Waals surface area (Å²) in [5, 5.41) is 17.3. The molecule has 0 unspecified atom stereocenters. The molecule has 0 bridgehead atoms. The number of hydrogen-bond acceptors (Lipinski definition) is 6. The Hall–Kier alpha value is -2.81. The summed E-state index contributed by atoms with van der Waals surface area (Å²) in [7, 11) is 0. The molecule has 170 valence electrons. The minimum atomic E-state index is 0.131. The summed E-state index contributed by atoms with van der Waals surface area (Å²) in [5.41, 5.74) is 2.38. The quantitative estimate of drug-likeness (QED) is 0.418. The number of carbonyl (C=O) groups is 1. The van der Waals surface area contributed by atoms with E-state index in [-0.39, 0.29) is 11.7 Å². The highest BCUT2D eigenvalue weighted by Crippen LogP contribution is 2.25. The monoisotopic (exact) mass is 454 g/mol. The van der Waals surface area contributed by atoms with Crippen molar-refractivity contribution in [3.8, 4) is 11.4 Å². The van der Waals surface area contributed by atoms with Crippen LogP contribution in [0.2, 0.25) is 0 Å². The van der Waals surface area contributed by atoms with Crippen LogP contribution in [-0.2, 0) is 4.79 Å². The molecule has 1 saturated heterocycles. The van der Waals surface area contributed by atoms with Gasteiger partial charge >= 0.3 is 0 Å². The van der Waals surface area contributed by atoms with Crippen molar-refractivity contribution in [3.05, 3.63) is 35.4 Å². The number of likely N-dealkylation sites (tertiary alicyclic amines) is 1. The third-order valence-electron chi connectivity index (χ3n) is 5.93. The molecule has 1 aliphatic heterocycles. The highest BCUT2D eigenvalue weighted by Gasteiger charge is 2.26. The van der Waals surface area contributed by atoms with Gasteiger partial charge in [-0.25, -0.2) is 4.98 Å². The normalized spacial score (nSPS) is 16.5. The molecule has 3 heterocycles. The van der Waals surface area contributed by atoms with Gasteiger partial charge < -0.3 is 9.64 Å². The summed E-state index contributed by atoms with van der Waals surface area (Å²) in [4.78, 5) is 19.8. The Balaban J connectivity index is 1.68. The lowest BCUT2D eigenvalue weighted by molar-refractivity contribution is -0.132. The number of rotatable bonds is 7. The summed E-state index contributed by atoms with van der Waals surface area (Å²) in [6.45, 7) is 7.39. The van der Waals surface area contributed by atoms with Crippen molar-refractivity contribution in [2.45, 2.75) is 57.7 Å².